The van der Waals surface area contributed by atoms with Crippen molar-refractivity contribution in [2.45, 2.75) is 36.7 Å². The van der Waals surface area contributed by atoms with Gasteiger partial charge in [-0.2, -0.15) is 0 Å². The molecule has 1 saturated carbocycles. The zero-order valence-corrected chi connectivity index (χ0v) is 16.9. The molecule has 0 spiro atoms. The SMILES string of the molecule is COc1ccc(OC)c(C(C)NC(=O)c2ccc(S(=O)(=O)NC3CC3)cc2)c1. The minimum atomic E-state index is -3.53. The van der Waals surface area contributed by atoms with Crippen molar-refractivity contribution in [3.63, 3.8) is 0 Å². The van der Waals surface area contributed by atoms with Crippen LogP contribution in [0.5, 0.6) is 11.5 Å². The summed E-state index contributed by atoms with van der Waals surface area (Å²) in [7, 11) is -0.398. The highest BCUT2D eigenvalue weighted by atomic mass is 32.2. The van der Waals surface area contributed by atoms with E-state index in [1.165, 1.54) is 24.3 Å². The van der Waals surface area contributed by atoms with Crippen molar-refractivity contribution in [3.05, 3.63) is 53.6 Å². The van der Waals surface area contributed by atoms with Gasteiger partial charge in [-0.25, -0.2) is 13.1 Å². The summed E-state index contributed by atoms with van der Waals surface area (Å²) >= 11 is 0. The fraction of sp³-hybridized carbons (Fsp3) is 0.350. The average molecular weight is 404 g/mol. The van der Waals surface area contributed by atoms with Crippen LogP contribution in [-0.2, 0) is 10.0 Å². The van der Waals surface area contributed by atoms with Crippen molar-refractivity contribution in [1.29, 1.82) is 0 Å². The lowest BCUT2D eigenvalue weighted by molar-refractivity contribution is 0.0939. The van der Waals surface area contributed by atoms with Crippen molar-refractivity contribution in [1.82, 2.24) is 10.0 Å². The first-order chi connectivity index (χ1) is 13.3. The number of hydrogen-bond donors (Lipinski definition) is 2. The molecule has 28 heavy (non-hydrogen) atoms. The lowest BCUT2D eigenvalue weighted by atomic mass is 10.1. The fourth-order valence-electron chi connectivity index (χ4n) is 2.81. The minimum absolute atomic E-state index is 0.0340. The number of benzene rings is 2. The van der Waals surface area contributed by atoms with E-state index in [0.29, 0.717) is 17.1 Å². The Kier molecular flexibility index (Phi) is 5.90. The topological polar surface area (TPSA) is 93.7 Å². The Morgan fingerprint density at radius 3 is 2.32 bits per heavy atom. The van der Waals surface area contributed by atoms with Crippen molar-refractivity contribution in [2.24, 2.45) is 0 Å². The molecule has 2 aromatic rings. The van der Waals surface area contributed by atoms with Gasteiger partial charge in [0.1, 0.15) is 11.5 Å². The molecule has 7 nitrogen and oxygen atoms in total. The molecule has 150 valence electrons. The molecule has 1 aliphatic rings. The van der Waals surface area contributed by atoms with Crippen LogP contribution in [0.1, 0.15) is 41.7 Å². The molecule has 1 fully saturated rings. The third kappa shape index (κ3) is 4.63. The Morgan fingerprint density at radius 1 is 1.07 bits per heavy atom. The molecular formula is C20H24N2O5S. The molecule has 0 saturated heterocycles. The van der Waals surface area contributed by atoms with E-state index in [9.17, 15) is 13.2 Å². The standard InChI is InChI=1S/C20H24N2O5S/c1-13(18-12-16(26-2)8-11-19(18)27-3)21-20(23)14-4-9-17(10-5-14)28(24,25)22-15-6-7-15/h4-5,8-13,15,22H,6-7H2,1-3H3,(H,21,23). The summed E-state index contributed by atoms with van der Waals surface area (Å²) in [6.07, 6.45) is 1.73. The van der Waals surface area contributed by atoms with Gasteiger partial charge in [0.15, 0.2) is 0 Å². The molecule has 0 bridgehead atoms. The van der Waals surface area contributed by atoms with Crippen molar-refractivity contribution in [2.75, 3.05) is 14.2 Å². The molecule has 3 rings (SSSR count). The van der Waals surface area contributed by atoms with Crippen LogP contribution in [-0.4, -0.2) is 34.6 Å². The van der Waals surface area contributed by atoms with Crippen molar-refractivity contribution in [3.8, 4) is 11.5 Å². The van der Waals surface area contributed by atoms with Crippen molar-refractivity contribution < 1.29 is 22.7 Å². The van der Waals surface area contributed by atoms with E-state index in [-0.39, 0.29) is 22.9 Å². The van der Waals surface area contributed by atoms with E-state index in [2.05, 4.69) is 10.0 Å². The highest BCUT2D eigenvalue weighted by molar-refractivity contribution is 7.89. The number of sulfonamides is 1. The van der Waals surface area contributed by atoms with Crippen LogP contribution in [0.4, 0.5) is 0 Å². The van der Waals surface area contributed by atoms with Crippen LogP contribution in [0.3, 0.4) is 0 Å². The fourth-order valence-corrected chi connectivity index (χ4v) is 4.11. The molecule has 1 atom stereocenters. The monoisotopic (exact) mass is 404 g/mol. The molecule has 2 aromatic carbocycles. The third-order valence-corrected chi connectivity index (χ3v) is 6.11. The van der Waals surface area contributed by atoms with Gasteiger partial charge in [-0.15, -0.1) is 0 Å². The predicted molar refractivity (Wildman–Crippen MR) is 105 cm³/mol. The summed E-state index contributed by atoms with van der Waals surface area (Å²) in [5, 5.41) is 2.90. The van der Waals surface area contributed by atoms with E-state index in [1.54, 1.807) is 26.4 Å². The van der Waals surface area contributed by atoms with Crippen LogP contribution >= 0.6 is 0 Å². The van der Waals surface area contributed by atoms with Crippen LogP contribution in [0.25, 0.3) is 0 Å². The smallest absolute Gasteiger partial charge is 0.251 e. The van der Waals surface area contributed by atoms with E-state index >= 15 is 0 Å². The summed E-state index contributed by atoms with van der Waals surface area (Å²) < 4.78 is 37.7. The Bertz CT molecular complexity index is 953. The molecule has 0 heterocycles. The van der Waals surface area contributed by atoms with E-state index in [4.69, 9.17) is 9.47 Å². The maximum Gasteiger partial charge on any atom is 0.251 e. The van der Waals surface area contributed by atoms with Crippen LogP contribution in [0, 0.1) is 0 Å². The van der Waals surface area contributed by atoms with E-state index < -0.39 is 10.0 Å². The lowest BCUT2D eigenvalue weighted by Crippen LogP contribution is -2.27. The Labute approximate surface area is 165 Å². The molecule has 0 aromatic heterocycles. The zero-order valence-electron chi connectivity index (χ0n) is 16.1. The van der Waals surface area contributed by atoms with Crippen LogP contribution in [0.2, 0.25) is 0 Å². The number of rotatable bonds is 8. The van der Waals surface area contributed by atoms with Gasteiger partial charge in [0.05, 0.1) is 25.2 Å². The van der Waals surface area contributed by atoms with Gasteiger partial charge in [-0.3, -0.25) is 4.79 Å². The number of amides is 1. The first-order valence-electron chi connectivity index (χ1n) is 8.99. The maximum atomic E-state index is 12.6. The van der Waals surface area contributed by atoms with Gasteiger partial charge >= 0.3 is 0 Å². The number of nitrogens with one attached hydrogen (secondary N) is 2. The molecule has 0 radical (unpaired) electrons. The molecule has 2 N–H and O–H groups in total. The lowest BCUT2D eigenvalue weighted by Gasteiger charge is -2.18. The molecule has 1 unspecified atom stereocenters. The summed E-state index contributed by atoms with van der Waals surface area (Å²) in [4.78, 5) is 12.7. The van der Waals surface area contributed by atoms with Gasteiger partial charge in [-0.1, -0.05) is 0 Å². The Hall–Kier alpha value is -2.58. The zero-order chi connectivity index (χ0) is 20.3. The van der Waals surface area contributed by atoms with Gasteiger partial charge in [0.2, 0.25) is 10.0 Å². The number of carbonyl (C=O) groups excluding carboxylic acids is 1. The predicted octanol–water partition coefficient (Wildman–Crippen LogP) is 2.64. The number of carbonyl (C=O) groups is 1. The molecule has 0 aliphatic heterocycles. The van der Waals surface area contributed by atoms with Crippen LogP contribution in [0.15, 0.2) is 47.4 Å². The summed E-state index contributed by atoms with van der Waals surface area (Å²) in [6.45, 7) is 1.84. The highest BCUT2D eigenvalue weighted by Crippen LogP contribution is 2.29. The normalized spacial score (nSPS) is 15.0. The first kappa shape index (κ1) is 20.2. The third-order valence-electron chi connectivity index (χ3n) is 4.58. The van der Waals surface area contributed by atoms with E-state index in [0.717, 1.165) is 18.4 Å². The Morgan fingerprint density at radius 2 is 1.75 bits per heavy atom. The maximum absolute atomic E-state index is 12.6. The highest BCUT2D eigenvalue weighted by Gasteiger charge is 2.28. The molecule has 1 amide bonds. The number of hydrogen-bond acceptors (Lipinski definition) is 5. The van der Waals surface area contributed by atoms with Crippen LogP contribution < -0.4 is 19.5 Å². The second-order valence-electron chi connectivity index (χ2n) is 6.72. The average Bonchev–Trinajstić information content (AvgIpc) is 3.50. The molecule has 8 heteroatoms. The molecular weight excluding hydrogens is 380 g/mol. The second kappa shape index (κ2) is 8.20. The number of methoxy groups -OCH3 is 2. The first-order valence-corrected chi connectivity index (χ1v) is 10.5. The quantitative estimate of drug-likeness (QED) is 0.705. The summed E-state index contributed by atoms with van der Waals surface area (Å²) in [5.74, 6) is 0.993. The van der Waals surface area contributed by atoms with Gasteiger partial charge in [0, 0.05) is 17.2 Å². The summed E-state index contributed by atoms with van der Waals surface area (Å²) in [6, 6.07) is 11.0. The van der Waals surface area contributed by atoms with Crippen molar-refractivity contribution >= 4 is 15.9 Å². The van der Waals surface area contributed by atoms with E-state index in [1.807, 2.05) is 13.0 Å². The largest absolute Gasteiger partial charge is 0.497 e. The second-order valence-corrected chi connectivity index (χ2v) is 8.44. The van der Waals surface area contributed by atoms with Gasteiger partial charge in [0.25, 0.3) is 5.91 Å². The van der Waals surface area contributed by atoms with Gasteiger partial charge in [-0.05, 0) is 62.2 Å². The summed E-state index contributed by atoms with van der Waals surface area (Å²) in [5.41, 5.74) is 1.15. The minimum Gasteiger partial charge on any atom is -0.497 e. The number of ether oxygens (including phenoxy) is 2. The van der Waals surface area contributed by atoms with Gasteiger partial charge < -0.3 is 14.8 Å². The molecule has 1 aliphatic carbocycles. The Balaban J connectivity index is 1.72.